The summed E-state index contributed by atoms with van der Waals surface area (Å²) in [6.07, 6.45) is 3.18. The van der Waals surface area contributed by atoms with E-state index in [9.17, 15) is 4.79 Å². The van der Waals surface area contributed by atoms with Gasteiger partial charge in [0.25, 0.3) is 5.91 Å². The number of halogens is 1. The van der Waals surface area contributed by atoms with E-state index >= 15 is 0 Å². The van der Waals surface area contributed by atoms with Crippen molar-refractivity contribution in [2.45, 2.75) is 13.0 Å². The predicted molar refractivity (Wildman–Crippen MR) is 75.5 cm³/mol. The van der Waals surface area contributed by atoms with Gasteiger partial charge < -0.3 is 10.4 Å². The second kappa shape index (κ2) is 6.02. The van der Waals surface area contributed by atoms with Crippen LogP contribution < -0.4 is 5.32 Å². The first-order chi connectivity index (χ1) is 9.51. The Morgan fingerprint density at radius 2 is 2.35 bits per heavy atom. The van der Waals surface area contributed by atoms with E-state index in [0.29, 0.717) is 16.8 Å². The van der Waals surface area contributed by atoms with Crippen LogP contribution in [-0.4, -0.2) is 38.4 Å². The molecule has 0 aromatic carbocycles. The first-order valence-corrected chi connectivity index (χ1v) is 6.46. The molecule has 106 valence electrons. The largest absolute Gasteiger partial charge is 0.394 e. The van der Waals surface area contributed by atoms with Crippen LogP contribution in [0.2, 0.25) is 5.15 Å². The van der Waals surface area contributed by atoms with Crippen LogP contribution >= 0.6 is 11.6 Å². The van der Waals surface area contributed by atoms with E-state index in [1.54, 1.807) is 37.0 Å². The number of carbonyl (C=O) groups excluding carboxylic acids is 1. The Bertz CT molecular complexity index is 627. The quantitative estimate of drug-likeness (QED) is 0.832. The maximum atomic E-state index is 12.0. The van der Waals surface area contributed by atoms with Gasteiger partial charge in [0, 0.05) is 31.0 Å². The minimum atomic E-state index is -0.323. The van der Waals surface area contributed by atoms with Gasteiger partial charge in [-0.25, -0.2) is 4.98 Å². The zero-order valence-corrected chi connectivity index (χ0v) is 11.9. The van der Waals surface area contributed by atoms with Crippen molar-refractivity contribution in [2.24, 2.45) is 7.05 Å². The van der Waals surface area contributed by atoms with Gasteiger partial charge in [0.05, 0.1) is 17.9 Å². The normalized spacial score (nSPS) is 12.2. The summed E-state index contributed by atoms with van der Waals surface area (Å²) in [5, 5.41) is 16.1. The molecule has 1 amide bonds. The molecule has 7 heteroatoms. The summed E-state index contributed by atoms with van der Waals surface area (Å²) in [6, 6.07) is 3.11. The first kappa shape index (κ1) is 14.5. The molecule has 0 saturated carbocycles. The maximum absolute atomic E-state index is 12.0. The van der Waals surface area contributed by atoms with E-state index in [1.807, 2.05) is 0 Å². The number of aliphatic hydroxyl groups excluding tert-OH is 1. The van der Waals surface area contributed by atoms with Crippen molar-refractivity contribution in [1.82, 2.24) is 20.1 Å². The number of aryl methyl sites for hydroxylation is 1. The predicted octanol–water partition coefficient (Wildman–Crippen LogP) is 1.25. The lowest BCUT2D eigenvalue weighted by Crippen LogP contribution is -2.35. The number of nitrogens with one attached hydrogen (secondary N) is 1. The third-order valence-electron chi connectivity index (χ3n) is 2.74. The Kier molecular flexibility index (Phi) is 4.36. The van der Waals surface area contributed by atoms with E-state index in [-0.39, 0.29) is 23.7 Å². The summed E-state index contributed by atoms with van der Waals surface area (Å²) in [5.41, 5.74) is 1.61. The highest BCUT2D eigenvalue weighted by Crippen LogP contribution is 2.25. The number of amides is 1. The van der Waals surface area contributed by atoms with Gasteiger partial charge in [0.2, 0.25) is 0 Å². The van der Waals surface area contributed by atoms with E-state index in [0.717, 1.165) is 0 Å². The Hall–Kier alpha value is -1.92. The molecule has 0 aliphatic heterocycles. The molecular formula is C13H15ClN4O2. The summed E-state index contributed by atoms with van der Waals surface area (Å²) in [7, 11) is 1.80. The molecule has 0 aliphatic carbocycles. The Balaban J connectivity index is 2.31. The van der Waals surface area contributed by atoms with Gasteiger partial charge in [0.15, 0.2) is 0 Å². The lowest BCUT2D eigenvalue weighted by Gasteiger charge is -2.11. The zero-order valence-electron chi connectivity index (χ0n) is 11.2. The standard InChI is InChI=1S/C13H15ClN4O2/c1-8(7-19)16-13(20)9-5-10(12(14)15-6-9)11-3-4-18(2)17-11/h3-6,8,19H,7H2,1-2H3,(H,16,20)/t8-/m1/s1. The molecule has 0 fully saturated rings. The number of rotatable bonds is 4. The van der Waals surface area contributed by atoms with Crippen LogP contribution in [0.4, 0.5) is 0 Å². The summed E-state index contributed by atoms with van der Waals surface area (Å²) < 4.78 is 1.65. The van der Waals surface area contributed by atoms with Gasteiger partial charge in [-0.3, -0.25) is 9.48 Å². The Morgan fingerprint density at radius 1 is 1.60 bits per heavy atom. The minimum Gasteiger partial charge on any atom is -0.394 e. The summed E-state index contributed by atoms with van der Waals surface area (Å²) in [5.74, 6) is -0.312. The highest BCUT2D eigenvalue weighted by molar-refractivity contribution is 6.32. The molecule has 0 radical (unpaired) electrons. The van der Waals surface area contributed by atoms with Gasteiger partial charge in [-0.15, -0.1) is 0 Å². The molecular weight excluding hydrogens is 280 g/mol. The Labute approximate surface area is 121 Å². The monoisotopic (exact) mass is 294 g/mol. The maximum Gasteiger partial charge on any atom is 0.253 e. The van der Waals surface area contributed by atoms with Gasteiger partial charge in [-0.2, -0.15) is 5.10 Å². The lowest BCUT2D eigenvalue weighted by molar-refractivity contribution is 0.0922. The number of carbonyl (C=O) groups is 1. The van der Waals surface area contributed by atoms with Crippen LogP contribution in [0.1, 0.15) is 17.3 Å². The molecule has 0 aliphatic rings. The molecule has 0 unspecified atom stereocenters. The van der Waals surface area contributed by atoms with Gasteiger partial charge in [0.1, 0.15) is 5.15 Å². The van der Waals surface area contributed by atoms with Crippen LogP contribution in [0, 0.1) is 0 Å². The smallest absolute Gasteiger partial charge is 0.253 e. The summed E-state index contributed by atoms with van der Waals surface area (Å²) >= 11 is 6.05. The highest BCUT2D eigenvalue weighted by Gasteiger charge is 2.14. The van der Waals surface area contributed by atoms with Crippen LogP contribution in [-0.2, 0) is 7.05 Å². The van der Waals surface area contributed by atoms with Crippen molar-refractivity contribution < 1.29 is 9.90 Å². The van der Waals surface area contributed by atoms with Crippen molar-refractivity contribution in [3.05, 3.63) is 35.2 Å². The van der Waals surface area contributed by atoms with Crippen LogP contribution in [0.3, 0.4) is 0 Å². The minimum absolute atomic E-state index is 0.125. The van der Waals surface area contributed by atoms with Crippen molar-refractivity contribution in [3.63, 3.8) is 0 Å². The molecule has 0 saturated heterocycles. The van der Waals surface area contributed by atoms with Crippen molar-refractivity contribution in [3.8, 4) is 11.3 Å². The fraction of sp³-hybridized carbons (Fsp3) is 0.308. The number of aliphatic hydroxyl groups is 1. The third-order valence-corrected chi connectivity index (χ3v) is 3.04. The molecule has 20 heavy (non-hydrogen) atoms. The molecule has 2 aromatic heterocycles. The molecule has 2 aromatic rings. The lowest BCUT2D eigenvalue weighted by atomic mass is 10.1. The number of pyridine rings is 1. The summed E-state index contributed by atoms with van der Waals surface area (Å²) in [6.45, 7) is 1.58. The van der Waals surface area contributed by atoms with Gasteiger partial charge >= 0.3 is 0 Å². The number of nitrogens with zero attached hydrogens (tertiary/aromatic N) is 3. The van der Waals surface area contributed by atoms with E-state index in [1.165, 1.54) is 6.20 Å². The second-order valence-corrected chi connectivity index (χ2v) is 4.85. The molecule has 2 rings (SSSR count). The molecule has 6 nitrogen and oxygen atoms in total. The van der Waals surface area contributed by atoms with E-state index < -0.39 is 0 Å². The average molecular weight is 295 g/mol. The number of aromatic nitrogens is 3. The Morgan fingerprint density at radius 3 is 2.95 bits per heavy atom. The van der Waals surface area contributed by atoms with Gasteiger partial charge in [-0.1, -0.05) is 11.6 Å². The van der Waals surface area contributed by atoms with E-state index in [2.05, 4.69) is 15.4 Å². The van der Waals surface area contributed by atoms with Crippen molar-refractivity contribution in [2.75, 3.05) is 6.61 Å². The highest BCUT2D eigenvalue weighted by atomic mass is 35.5. The van der Waals surface area contributed by atoms with Crippen LogP contribution in [0.15, 0.2) is 24.5 Å². The number of hydrogen-bond donors (Lipinski definition) is 2. The molecule has 0 spiro atoms. The molecule has 0 bridgehead atoms. The van der Waals surface area contributed by atoms with E-state index in [4.69, 9.17) is 16.7 Å². The van der Waals surface area contributed by atoms with Crippen molar-refractivity contribution >= 4 is 17.5 Å². The first-order valence-electron chi connectivity index (χ1n) is 6.08. The SMILES string of the molecule is C[C@H](CO)NC(=O)c1cnc(Cl)c(-c2ccn(C)n2)c1. The van der Waals surface area contributed by atoms with Crippen LogP contribution in [0.5, 0.6) is 0 Å². The van der Waals surface area contributed by atoms with Gasteiger partial charge in [-0.05, 0) is 19.1 Å². The number of hydrogen-bond acceptors (Lipinski definition) is 4. The summed E-state index contributed by atoms with van der Waals surface area (Å²) in [4.78, 5) is 16.0. The second-order valence-electron chi connectivity index (χ2n) is 4.49. The molecule has 2 N–H and O–H groups in total. The fourth-order valence-electron chi connectivity index (χ4n) is 1.66. The molecule has 2 heterocycles. The zero-order chi connectivity index (χ0) is 14.7. The fourth-order valence-corrected chi connectivity index (χ4v) is 1.86. The molecule has 1 atom stereocenters. The topological polar surface area (TPSA) is 80.0 Å². The van der Waals surface area contributed by atoms with Crippen LogP contribution in [0.25, 0.3) is 11.3 Å². The average Bonchev–Trinajstić information content (AvgIpc) is 2.85. The van der Waals surface area contributed by atoms with Crippen molar-refractivity contribution in [1.29, 1.82) is 0 Å². The third kappa shape index (κ3) is 3.15.